The van der Waals surface area contributed by atoms with Crippen molar-refractivity contribution in [2.45, 2.75) is 25.8 Å². The third kappa shape index (κ3) is 3.85. The molecule has 118 valence electrons. The average Bonchev–Trinajstić information content (AvgIpc) is 2.96. The molecule has 2 N–H and O–H groups in total. The third-order valence-electron chi connectivity index (χ3n) is 3.85. The van der Waals surface area contributed by atoms with Gasteiger partial charge >= 0.3 is 0 Å². The molecule has 1 fully saturated rings. The Kier molecular flexibility index (Phi) is 5.94. The lowest BCUT2D eigenvalue weighted by molar-refractivity contribution is -0.120. The SMILES string of the molecule is C[C@H]1C[C@@H](C(=O)Nc2scnc2-c2ccccc2)CCN1.Cl. The van der Waals surface area contributed by atoms with Crippen LogP contribution in [0.15, 0.2) is 35.8 Å². The van der Waals surface area contributed by atoms with Crippen molar-refractivity contribution < 1.29 is 4.79 Å². The number of carbonyl (C=O) groups is 1. The lowest BCUT2D eigenvalue weighted by Gasteiger charge is -2.26. The molecule has 1 amide bonds. The summed E-state index contributed by atoms with van der Waals surface area (Å²) in [5.74, 6) is 0.205. The first-order valence-corrected chi connectivity index (χ1v) is 8.15. The van der Waals surface area contributed by atoms with Gasteiger partial charge in [-0.05, 0) is 26.3 Å². The molecule has 0 unspecified atom stereocenters. The van der Waals surface area contributed by atoms with Crippen LogP contribution in [0, 0.1) is 5.92 Å². The van der Waals surface area contributed by atoms with Crippen molar-refractivity contribution in [1.82, 2.24) is 10.3 Å². The molecule has 2 atom stereocenters. The summed E-state index contributed by atoms with van der Waals surface area (Å²) in [5, 5.41) is 7.29. The maximum absolute atomic E-state index is 12.4. The molecule has 0 radical (unpaired) electrons. The van der Waals surface area contributed by atoms with E-state index in [1.807, 2.05) is 30.3 Å². The zero-order valence-corrected chi connectivity index (χ0v) is 14.0. The van der Waals surface area contributed by atoms with E-state index in [2.05, 4.69) is 22.5 Å². The number of halogens is 1. The van der Waals surface area contributed by atoms with Crippen molar-refractivity contribution in [2.24, 2.45) is 5.92 Å². The van der Waals surface area contributed by atoms with E-state index in [9.17, 15) is 4.79 Å². The Morgan fingerprint density at radius 2 is 2.14 bits per heavy atom. The number of anilines is 1. The molecule has 4 nitrogen and oxygen atoms in total. The van der Waals surface area contributed by atoms with Crippen LogP contribution >= 0.6 is 23.7 Å². The summed E-state index contributed by atoms with van der Waals surface area (Å²) in [7, 11) is 0. The monoisotopic (exact) mass is 337 g/mol. The Morgan fingerprint density at radius 1 is 1.36 bits per heavy atom. The van der Waals surface area contributed by atoms with E-state index in [0.717, 1.165) is 35.6 Å². The lowest BCUT2D eigenvalue weighted by Crippen LogP contribution is -2.40. The lowest BCUT2D eigenvalue weighted by atomic mass is 9.92. The van der Waals surface area contributed by atoms with Crippen LogP contribution in [0.3, 0.4) is 0 Å². The van der Waals surface area contributed by atoms with Crippen molar-refractivity contribution in [2.75, 3.05) is 11.9 Å². The highest BCUT2D eigenvalue weighted by Crippen LogP contribution is 2.31. The molecule has 0 aliphatic carbocycles. The molecule has 22 heavy (non-hydrogen) atoms. The molecule has 6 heteroatoms. The predicted octanol–water partition coefficient (Wildman–Crippen LogP) is 3.56. The van der Waals surface area contributed by atoms with E-state index in [1.165, 1.54) is 11.3 Å². The van der Waals surface area contributed by atoms with E-state index in [-0.39, 0.29) is 24.2 Å². The Balaban J connectivity index is 0.00000176. The van der Waals surface area contributed by atoms with Crippen LogP contribution in [0.2, 0.25) is 0 Å². The fraction of sp³-hybridized carbons (Fsp3) is 0.375. The Morgan fingerprint density at radius 3 is 2.86 bits per heavy atom. The van der Waals surface area contributed by atoms with E-state index < -0.39 is 0 Å². The quantitative estimate of drug-likeness (QED) is 0.900. The van der Waals surface area contributed by atoms with E-state index >= 15 is 0 Å². The zero-order valence-electron chi connectivity index (χ0n) is 12.4. The molecule has 3 rings (SSSR count). The third-order valence-corrected chi connectivity index (χ3v) is 4.59. The van der Waals surface area contributed by atoms with Crippen molar-refractivity contribution in [1.29, 1.82) is 0 Å². The maximum atomic E-state index is 12.4. The van der Waals surface area contributed by atoms with Crippen LogP contribution in [0.1, 0.15) is 19.8 Å². The highest BCUT2D eigenvalue weighted by Gasteiger charge is 2.25. The van der Waals surface area contributed by atoms with Gasteiger partial charge in [-0.3, -0.25) is 4.79 Å². The Hall–Kier alpha value is -1.43. The Labute approximate surface area is 140 Å². The molecule has 2 heterocycles. The molecule has 0 saturated carbocycles. The zero-order chi connectivity index (χ0) is 14.7. The van der Waals surface area contributed by atoms with Crippen molar-refractivity contribution in [3.8, 4) is 11.3 Å². The maximum Gasteiger partial charge on any atom is 0.228 e. The Bertz CT molecular complexity index is 617. The van der Waals surface area contributed by atoms with Gasteiger partial charge in [-0.25, -0.2) is 4.98 Å². The van der Waals surface area contributed by atoms with Crippen LogP contribution in [-0.4, -0.2) is 23.5 Å². The number of hydrogen-bond donors (Lipinski definition) is 2. The van der Waals surface area contributed by atoms with Crippen molar-refractivity contribution in [3.63, 3.8) is 0 Å². The summed E-state index contributed by atoms with van der Waals surface area (Å²) in [6.07, 6.45) is 1.79. The molecule has 1 aliphatic heterocycles. The molecular weight excluding hydrogens is 318 g/mol. The number of piperidine rings is 1. The number of carbonyl (C=O) groups excluding carboxylic acids is 1. The number of nitrogens with zero attached hydrogens (tertiary/aromatic N) is 1. The minimum atomic E-state index is 0. The van der Waals surface area contributed by atoms with Gasteiger partial charge < -0.3 is 10.6 Å². The minimum Gasteiger partial charge on any atom is -0.316 e. The molecule has 1 saturated heterocycles. The molecule has 1 aliphatic rings. The van der Waals surface area contributed by atoms with Gasteiger partial charge in [0.1, 0.15) is 10.7 Å². The molecule has 2 aromatic rings. The first-order valence-electron chi connectivity index (χ1n) is 7.27. The molecule has 1 aromatic heterocycles. The van der Waals surface area contributed by atoms with E-state index in [1.54, 1.807) is 5.51 Å². The summed E-state index contributed by atoms with van der Waals surface area (Å²) in [5.41, 5.74) is 3.67. The van der Waals surface area contributed by atoms with E-state index in [4.69, 9.17) is 0 Å². The van der Waals surface area contributed by atoms with Crippen molar-refractivity contribution >= 4 is 34.7 Å². The summed E-state index contributed by atoms with van der Waals surface area (Å²) < 4.78 is 0. The molecular formula is C16H20ClN3OS. The second kappa shape index (κ2) is 7.72. The number of aromatic nitrogens is 1. The van der Waals surface area contributed by atoms with Crippen LogP contribution < -0.4 is 10.6 Å². The first-order chi connectivity index (χ1) is 10.2. The largest absolute Gasteiger partial charge is 0.316 e. The second-order valence-corrected chi connectivity index (χ2v) is 6.32. The standard InChI is InChI=1S/C16H19N3OS.ClH/c1-11-9-13(7-8-17-11)15(20)19-16-14(18-10-21-16)12-5-3-2-4-6-12;/h2-6,10-11,13,17H,7-9H2,1H3,(H,19,20);1H/t11-,13-;/m0./s1. The topological polar surface area (TPSA) is 54.0 Å². The highest BCUT2D eigenvalue weighted by atomic mass is 35.5. The normalized spacial score (nSPS) is 21.0. The van der Waals surface area contributed by atoms with Crippen LogP contribution in [-0.2, 0) is 4.79 Å². The van der Waals surface area contributed by atoms with Gasteiger partial charge in [-0.15, -0.1) is 23.7 Å². The number of nitrogens with one attached hydrogen (secondary N) is 2. The average molecular weight is 338 g/mol. The van der Waals surface area contributed by atoms with Gasteiger partial charge in [0.15, 0.2) is 0 Å². The van der Waals surface area contributed by atoms with Gasteiger partial charge in [0.05, 0.1) is 5.51 Å². The predicted molar refractivity (Wildman–Crippen MR) is 93.6 cm³/mol. The fourth-order valence-corrected chi connectivity index (χ4v) is 3.43. The van der Waals surface area contributed by atoms with Crippen LogP contribution in [0.4, 0.5) is 5.00 Å². The molecule has 0 spiro atoms. The summed E-state index contributed by atoms with van der Waals surface area (Å²) in [6, 6.07) is 10.4. The van der Waals surface area contributed by atoms with Crippen molar-refractivity contribution in [3.05, 3.63) is 35.8 Å². The van der Waals surface area contributed by atoms with Gasteiger partial charge in [-0.1, -0.05) is 30.3 Å². The van der Waals surface area contributed by atoms with Gasteiger partial charge in [-0.2, -0.15) is 0 Å². The highest BCUT2D eigenvalue weighted by molar-refractivity contribution is 7.14. The molecule has 0 bridgehead atoms. The number of benzene rings is 1. The van der Waals surface area contributed by atoms with Gasteiger partial charge in [0, 0.05) is 17.5 Å². The molecule has 1 aromatic carbocycles. The summed E-state index contributed by atoms with van der Waals surface area (Å²) in [6.45, 7) is 3.04. The van der Waals surface area contributed by atoms with Gasteiger partial charge in [0.25, 0.3) is 0 Å². The number of rotatable bonds is 3. The summed E-state index contributed by atoms with van der Waals surface area (Å²) in [4.78, 5) is 16.8. The summed E-state index contributed by atoms with van der Waals surface area (Å²) >= 11 is 1.48. The smallest absolute Gasteiger partial charge is 0.228 e. The minimum absolute atomic E-state index is 0. The first kappa shape index (κ1) is 16.9. The van der Waals surface area contributed by atoms with Crippen LogP contribution in [0.5, 0.6) is 0 Å². The number of hydrogen-bond acceptors (Lipinski definition) is 4. The van der Waals surface area contributed by atoms with Gasteiger partial charge in [0.2, 0.25) is 5.91 Å². The number of thiazole rings is 1. The fourth-order valence-electron chi connectivity index (χ4n) is 2.72. The van der Waals surface area contributed by atoms with E-state index in [0.29, 0.717) is 6.04 Å². The number of amides is 1. The van der Waals surface area contributed by atoms with Crippen LogP contribution in [0.25, 0.3) is 11.3 Å². The second-order valence-electron chi connectivity index (χ2n) is 5.46.